The van der Waals surface area contributed by atoms with Gasteiger partial charge in [0, 0.05) is 11.1 Å². The number of benzene rings is 2. The van der Waals surface area contributed by atoms with Crippen molar-refractivity contribution in [1.82, 2.24) is 9.78 Å². The molecule has 0 bridgehead atoms. The van der Waals surface area contributed by atoms with Crippen LogP contribution in [0, 0.1) is 12.7 Å². The summed E-state index contributed by atoms with van der Waals surface area (Å²) in [6, 6.07) is 16.0. The summed E-state index contributed by atoms with van der Waals surface area (Å²) >= 11 is 0. The van der Waals surface area contributed by atoms with Gasteiger partial charge < -0.3 is 5.73 Å². The molecule has 3 nitrogen and oxygen atoms in total. The lowest BCUT2D eigenvalue weighted by atomic mass is 10.1. The van der Waals surface area contributed by atoms with Crippen LogP contribution in [-0.4, -0.2) is 9.78 Å². The first kappa shape index (κ1) is 12.4. The average Bonchev–Trinajstić information content (AvgIpc) is 2.77. The Labute approximate surface area is 116 Å². The molecule has 4 heteroatoms. The fraction of sp³-hybridized carbons (Fsp3) is 0.0625. The number of nitrogen functional groups attached to an aromatic ring is 1. The number of nitrogens with two attached hydrogens (primary N) is 1. The first-order valence-electron chi connectivity index (χ1n) is 6.33. The summed E-state index contributed by atoms with van der Waals surface area (Å²) in [6.07, 6.45) is 0. The van der Waals surface area contributed by atoms with Crippen molar-refractivity contribution in [3.63, 3.8) is 0 Å². The molecule has 2 N–H and O–H groups in total. The van der Waals surface area contributed by atoms with Crippen LogP contribution in [0.3, 0.4) is 0 Å². The third-order valence-corrected chi connectivity index (χ3v) is 3.29. The Bertz CT molecular complexity index is 730. The van der Waals surface area contributed by atoms with E-state index < -0.39 is 0 Å². The Morgan fingerprint density at radius 3 is 2.30 bits per heavy atom. The van der Waals surface area contributed by atoms with Gasteiger partial charge in [-0.3, -0.25) is 0 Å². The molecule has 3 rings (SSSR count). The molecule has 0 saturated carbocycles. The summed E-state index contributed by atoms with van der Waals surface area (Å²) in [4.78, 5) is 0. The quantitative estimate of drug-likeness (QED) is 0.771. The minimum atomic E-state index is -0.262. The molecule has 1 aromatic heterocycles. The van der Waals surface area contributed by atoms with E-state index >= 15 is 0 Å². The zero-order chi connectivity index (χ0) is 14.1. The Morgan fingerprint density at radius 2 is 1.65 bits per heavy atom. The summed E-state index contributed by atoms with van der Waals surface area (Å²) in [5, 5.41) is 4.55. The molecular formula is C16H14FN3. The van der Waals surface area contributed by atoms with Crippen molar-refractivity contribution in [3.05, 3.63) is 66.0 Å². The number of halogens is 1. The van der Waals surface area contributed by atoms with Crippen LogP contribution in [0.25, 0.3) is 16.9 Å². The molecule has 100 valence electrons. The highest BCUT2D eigenvalue weighted by atomic mass is 19.1. The Balaban J connectivity index is 2.13. The molecule has 2 aromatic carbocycles. The minimum absolute atomic E-state index is 0.262. The highest BCUT2D eigenvalue weighted by Crippen LogP contribution is 2.28. The van der Waals surface area contributed by atoms with Crippen LogP contribution in [-0.2, 0) is 0 Å². The maximum absolute atomic E-state index is 13.0. The number of aromatic nitrogens is 2. The Morgan fingerprint density at radius 1 is 1.00 bits per heavy atom. The lowest BCUT2D eigenvalue weighted by Crippen LogP contribution is -2.01. The summed E-state index contributed by atoms with van der Waals surface area (Å²) in [6.45, 7) is 1.92. The molecule has 0 unspecified atom stereocenters. The van der Waals surface area contributed by atoms with Gasteiger partial charge in [0.2, 0.25) is 0 Å². The van der Waals surface area contributed by atoms with Crippen molar-refractivity contribution in [2.45, 2.75) is 6.92 Å². The maximum Gasteiger partial charge on any atom is 0.130 e. The van der Waals surface area contributed by atoms with Crippen LogP contribution in [0.1, 0.15) is 5.56 Å². The van der Waals surface area contributed by atoms with E-state index in [1.165, 1.54) is 12.1 Å². The van der Waals surface area contributed by atoms with Crippen LogP contribution in [0.5, 0.6) is 0 Å². The zero-order valence-electron chi connectivity index (χ0n) is 11.0. The van der Waals surface area contributed by atoms with Crippen molar-refractivity contribution in [2.24, 2.45) is 0 Å². The normalized spacial score (nSPS) is 10.7. The molecular weight excluding hydrogens is 253 g/mol. The summed E-state index contributed by atoms with van der Waals surface area (Å²) < 4.78 is 14.7. The summed E-state index contributed by atoms with van der Waals surface area (Å²) in [5.74, 6) is 0.331. The van der Waals surface area contributed by atoms with Gasteiger partial charge in [-0.25, -0.2) is 9.07 Å². The van der Waals surface area contributed by atoms with E-state index in [4.69, 9.17) is 5.73 Å². The minimum Gasteiger partial charge on any atom is -0.383 e. The second-order valence-electron chi connectivity index (χ2n) is 4.61. The second kappa shape index (κ2) is 4.81. The highest BCUT2D eigenvalue weighted by molar-refractivity contribution is 5.69. The monoisotopic (exact) mass is 267 g/mol. The number of anilines is 1. The Hall–Kier alpha value is -2.62. The van der Waals surface area contributed by atoms with E-state index in [9.17, 15) is 4.39 Å². The van der Waals surface area contributed by atoms with Gasteiger partial charge in [-0.1, -0.05) is 18.2 Å². The highest BCUT2D eigenvalue weighted by Gasteiger charge is 2.14. The van der Waals surface area contributed by atoms with Crippen LogP contribution in [0.4, 0.5) is 10.2 Å². The molecule has 3 aromatic rings. The molecule has 0 aliphatic heterocycles. The average molecular weight is 267 g/mol. The first-order valence-corrected chi connectivity index (χ1v) is 6.33. The fourth-order valence-electron chi connectivity index (χ4n) is 2.16. The molecule has 0 radical (unpaired) electrons. The van der Waals surface area contributed by atoms with Crippen molar-refractivity contribution < 1.29 is 4.39 Å². The fourth-order valence-corrected chi connectivity index (χ4v) is 2.16. The van der Waals surface area contributed by atoms with E-state index in [0.717, 1.165) is 22.5 Å². The van der Waals surface area contributed by atoms with Crippen molar-refractivity contribution in [1.29, 1.82) is 0 Å². The smallest absolute Gasteiger partial charge is 0.130 e. The number of hydrogen-bond acceptors (Lipinski definition) is 2. The largest absolute Gasteiger partial charge is 0.383 e. The number of nitrogens with zero attached hydrogens (tertiary/aromatic N) is 2. The van der Waals surface area contributed by atoms with Crippen molar-refractivity contribution >= 4 is 5.82 Å². The van der Waals surface area contributed by atoms with E-state index in [2.05, 4.69) is 5.10 Å². The predicted octanol–water partition coefficient (Wildman–Crippen LogP) is 3.57. The lowest BCUT2D eigenvalue weighted by molar-refractivity contribution is 0.628. The van der Waals surface area contributed by atoms with Gasteiger partial charge in [-0.2, -0.15) is 5.10 Å². The molecule has 0 aliphatic rings. The third kappa shape index (κ3) is 2.05. The van der Waals surface area contributed by atoms with Gasteiger partial charge in [0.05, 0.1) is 11.4 Å². The van der Waals surface area contributed by atoms with Gasteiger partial charge in [0.1, 0.15) is 11.6 Å². The molecule has 0 spiro atoms. The molecule has 0 amide bonds. The lowest BCUT2D eigenvalue weighted by Gasteiger charge is -2.02. The van der Waals surface area contributed by atoms with Crippen molar-refractivity contribution in [2.75, 3.05) is 5.73 Å². The molecule has 0 fully saturated rings. The second-order valence-corrected chi connectivity index (χ2v) is 4.61. The van der Waals surface area contributed by atoms with Crippen LogP contribution in [0.15, 0.2) is 54.6 Å². The van der Waals surface area contributed by atoms with Gasteiger partial charge in [-0.15, -0.1) is 0 Å². The van der Waals surface area contributed by atoms with Crippen LogP contribution in [0.2, 0.25) is 0 Å². The Kier molecular flexibility index (Phi) is 2.99. The standard InChI is InChI=1S/C16H14FN3/c1-11-15(12-7-9-13(17)10-8-12)19-20(16(11)18)14-5-3-2-4-6-14/h2-10H,18H2,1H3. The van der Waals surface area contributed by atoms with Crippen LogP contribution >= 0.6 is 0 Å². The maximum atomic E-state index is 13.0. The number of hydrogen-bond donors (Lipinski definition) is 1. The van der Waals surface area contributed by atoms with Gasteiger partial charge in [0.25, 0.3) is 0 Å². The van der Waals surface area contributed by atoms with Crippen LogP contribution < -0.4 is 5.73 Å². The summed E-state index contributed by atoms with van der Waals surface area (Å²) in [5.41, 5.74) is 9.54. The van der Waals surface area contributed by atoms with E-state index in [0.29, 0.717) is 5.82 Å². The number of rotatable bonds is 2. The predicted molar refractivity (Wildman–Crippen MR) is 78.1 cm³/mol. The SMILES string of the molecule is Cc1c(-c2ccc(F)cc2)nn(-c2ccccc2)c1N. The van der Waals surface area contributed by atoms with Gasteiger partial charge in [0.15, 0.2) is 0 Å². The number of para-hydroxylation sites is 1. The van der Waals surface area contributed by atoms with Gasteiger partial charge >= 0.3 is 0 Å². The molecule has 20 heavy (non-hydrogen) atoms. The third-order valence-electron chi connectivity index (χ3n) is 3.29. The van der Waals surface area contributed by atoms with Gasteiger partial charge in [-0.05, 0) is 43.3 Å². The first-order chi connectivity index (χ1) is 9.66. The van der Waals surface area contributed by atoms with E-state index in [-0.39, 0.29) is 5.82 Å². The van der Waals surface area contributed by atoms with E-state index in [1.807, 2.05) is 37.3 Å². The van der Waals surface area contributed by atoms with E-state index in [1.54, 1.807) is 16.8 Å². The molecule has 0 aliphatic carbocycles. The molecule has 0 atom stereocenters. The molecule has 1 heterocycles. The molecule has 0 saturated heterocycles. The topological polar surface area (TPSA) is 43.8 Å². The summed E-state index contributed by atoms with van der Waals surface area (Å²) in [7, 11) is 0. The van der Waals surface area contributed by atoms with Crippen molar-refractivity contribution in [3.8, 4) is 16.9 Å². The zero-order valence-corrected chi connectivity index (χ0v) is 11.0.